The lowest BCUT2D eigenvalue weighted by molar-refractivity contribution is -0.145. The minimum atomic E-state index is -4.56. The Morgan fingerprint density at radius 2 is 1.79 bits per heavy atom. The number of hydrogen-bond acceptors (Lipinski definition) is 5. The summed E-state index contributed by atoms with van der Waals surface area (Å²) < 4.78 is 43.9. The van der Waals surface area contributed by atoms with Crippen molar-refractivity contribution in [2.24, 2.45) is 0 Å². The summed E-state index contributed by atoms with van der Waals surface area (Å²) >= 11 is 1.15. The number of aromatic amines is 1. The molecule has 0 aliphatic rings. The van der Waals surface area contributed by atoms with Crippen molar-refractivity contribution in [2.45, 2.75) is 17.0 Å². The summed E-state index contributed by atoms with van der Waals surface area (Å²) in [6.07, 6.45) is -3.46. The molecule has 0 aliphatic heterocycles. The van der Waals surface area contributed by atoms with Crippen molar-refractivity contribution in [3.63, 3.8) is 0 Å². The number of nitrogens with zero attached hydrogens (tertiary/aromatic N) is 3. The van der Waals surface area contributed by atoms with E-state index in [0.29, 0.717) is 17.3 Å². The van der Waals surface area contributed by atoms with Crippen LogP contribution in [0.2, 0.25) is 0 Å². The number of alkyl halides is 3. The zero-order valence-corrected chi connectivity index (χ0v) is 15.1. The second-order valence-corrected chi connectivity index (χ2v) is 6.78. The molecule has 0 aliphatic carbocycles. The van der Waals surface area contributed by atoms with E-state index in [1.807, 2.05) is 48.5 Å². The van der Waals surface area contributed by atoms with Gasteiger partial charge in [-0.2, -0.15) is 13.2 Å². The van der Waals surface area contributed by atoms with E-state index >= 15 is 0 Å². The van der Waals surface area contributed by atoms with E-state index in [2.05, 4.69) is 19.9 Å². The molecule has 0 saturated carbocycles. The second kappa shape index (κ2) is 7.51. The van der Waals surface area contributed by atoms with E-state index in [4.69, 9.17) is 4.74 Å². The first-order valence-electron chi connectivity index (χ1n) is 8.22. The minimum Gasteiger partial charge on any atom is -0.457 e. The van der Waals surface area contributed by atoms with Crippen molar-refractivity contribution < 1.29 is 17.9 Å². The number of fused-ring (bicyclic) bond motifs is 1. The number of benzene rings is 2. The molecule has 0 saturated heterocycles. The van der Waals surface area contributed by atoms with Crippen LogP contribution in [0.3, 0.4) is 0 Å². The third-order valence-electron chi connectivity index (χ3n) is 3.72. The average Bonchev–Trinajstić information content (AvgIpc) is 3.09. The highest BCUT2D eigenvalue weighted by molar-refractivity contribution is 7.98. The van der Waals surface area contributed by atoms with Gasteiger partial charge in [0.05, 0.1) is 16.8 Å². The molecule has 0 spiro atoms. The summed E-state index contributed by atoms with van der Waals surface area (Å²) in [5, 5.41) is 0.232. The fourth-order valence-corrected chi connectivity index (χ4v) is 3.23. The Kier molecular flexibility index (Phi) is 4.91. The van der Waals surface area contributed by atoms with Crippen LogP contribution in [0, 0.1) is 0 Å². The number of aromatic nitrogens is 4. The number of ether oxygens (including phenoxy) is 1. The number of halogens is 3. The first kappa shape index (κ1) is 18.3. The van der Waals surface area contributed by atoms with Crippen LogP contribution in [0.15, 0.2) is 65.8 Å². The van der Waals surface area contributed by atoms with Crippen LogP contribution in [0.1, 0.15) is 11.6 Å². The number of nitrogens with one attached hydrogen (secondary N) is 1. The zero-order valence-electron chi connectivity index (χ0n) is 14.3. The molecule has 0 bridgehead atoms. The van der Waals surface area contributed by atoms with E-state index in [0.717, 1.165) is 34.7 Å². The van der Waals surface area contributed by atoms with Gasteiger partial charge in [0.2, 0.25) is 5.82 Å². The number of rotatable bonds is 5. The Labute approximate surface area is 162 Å². The summed E-state index contributed by atoms with van der Waals surface area (Å²) in [5.74, 6) is 1.21. The van der Waals surface area contributed by atoms with Gasteiger partial charge in [-0.1, -0.05) is 30.0 Å². The predicted octanol–water partition coefficient (Wildman–Crippen LogP) is 5.46. The van der Waals surface area contributed by atoms with E-state index in [1.54, 1.807) is 0 Å². The highest BCUT2D eigenvalue weighted by Gasteiger charge is 2.34. The van der Waals surface area contributed by atoms with E-state index in [1.165, 1.54) is 6.07 Å². The topological polar surface area (TPSA) is 63.7 Å². The Morgan fingerprint density at radius 1 is 0.964 bits per heavy atom. The van der Waals surface area contributed by atoms with Crippen molar-refractivity contribution >= 4 is 22.8 Å². The summed E-state index contributed by atoms with van der Waals surface area (Å²) in [6.45, 7) is 0. The number of para-hydroxylation sites is 1. The summed E-state index contributed by atoms with van der Waals surface area (Å²) in [4.78, 5) is 14.4. The number of hydrogen-bond donors (Lipinski definition) is 1. The molecule has 4 aromatic rings. The van der Waals surface area contributed by atoms with Gasteiger partial charge in [0.1, 0.15) is 22.3 Å². The van der Waals surface area contributed by atoms with E-state index in [9.17, 15) is 13.2 Å². The molecule has 0 atom stereocenters. The molecule has 0 unspecified atom stereocenters. The molecule has 0 fully saturated rings. The van der Waals surface area contributed by atoms with Crippen LogP contribution >= 0.6 is 11.8 Å². The molecule has 2 aromatic carbocycles. The van der Waals surface area contributed by atoms with Crippen LogP contribution < -0.4 is 4.74 Å². The maximum absolute atomic E-state index is 12.7. The molecule has 28 heavy (non-hydrogen) atoms. The van der Waals surface area contributed by atoms with Gasteiger partial charge in [-0.05, 0) is 30.3 Å². The molecular formula is C19H13F3N4OS. The van der Waals surface area contributed by atoms with Crippen molar-refractivity contribution in [1.29, 1.82) is 0 Å². The molecule has 2 heterocycles. The first-order valence-corrected chi connectivity index (χ1v) is 9.20. The average molecular weight is 402 g/mol. The predicted molar refractivity (Wildman–Crippen MR) is 99.2 cm³/mol. The van der Waals surface area contributed by atoms with Crippen LogP contribution in [0.25, 0.3) is 11.0 Å². The molecule has 5 nitrogen and oxygen atoms in total. The largest absolute Gasteiger partial charge is 0.457 e. The lowest BCUT2D eigenvalue weighted by Crippen LogP contribution is -2.10. The van der Waals surface area contributed by atoms with Crippen molar-refractivity contribution in [3.05, 3.63) is 72.4 Å². The quantitative estimate of drug-likeness (QED) is 0.355. The van der Waals surface area contributed by atoms with E-state index in [-0.39, 0.29) is 5.03 Å². The molecular weight excluding hydrogens is 389 g/mol. The second-order valence-electron chi connectivity index (χ2n) is 5.78. The lowest BCUT2D eigenvalue weighted by atomic mass is 10.3. The fourth-order valence-electron chi connectivity index (χ4n) is 2.50. The molecule has 0 amide bonds. The van der Waals surface area contributed by atoms with Gasteiger partial charge in [-0.15, -0.1) is 0 Å². The van der Waals surface area contributed by atoms with Crippen LogP contribution in [0.5, 0.6) is 11.5 Å². The minimum absolute atomic E-state index is 0.232. The Hall–Kier alpha value is -3.07. The number of H-pyrrole nitrogens is 1. The Morgan fingerprint density at radius 3 is 2.57 bits per heavy atom. The van der Waals surface area contributed by atoms with E-state index < -0.39 is 12.0 Å². The summed E-state index contributed by atoms with van der Waals surface area (Å²) in [5.41, 5.74) is 1.53. The zero-order chi connectivity index (χ0) is 19.6. The van der Waals surface area contributed by atoms with Gasteiger partial charge in [0.25, 0.3) is 0 Å². The van der Waals surface area contributed by atoms with Crippen LogP contribution in [0.4, 0.5) is 13.2 Å². The van der Waals surface area contributed by atoms with Gasteiger partial charge < -0.3 is 9.72 Å². The Bertz CT molecular complexity index is 1100. The lowest BCUT2D eigenvalue weighted by Gasteiger charge is -2.05. The maximum atomic E-state index is 12.7. The van der Waals surface area contributed by atoms with Crippen molar-refractivity contribution in [1.82, 2.24) is 19.9 Å². The maximum Gasteiger partial charge on any atom is 0.451 e. The van der Waals surface area contributed by atoms with Crippen molar-refractivity contribution in [2.75, 3.05) is 0 Å². The van der Waals surface area contributed by atoms with Crippen LogP contribution in [-0.2, 0) is 11.9 Å². The van der Waals surface area contributed by atoms with Crippen molar-refractivity contribution in [3.8, 4) is 11.5 Å². The van der Waals surface area contributed by atoms with Gasteiger partial charge in [-0.3, -0.25) is 0 Å². The summed E-state index contributed by atoms with van der Waals surface area (Å²) in [7, 11) is 0. The van der Waals surface area contributed by atoms with Gasteiger partial charge >= 0.3 is 6.18 Å². The number of thioether (sulfide) groups is 1. The smallest absolute Gasteiger partial charge is 0.451 e. The van der Waals surface area contributed by atoms with Gasteiger partial charge in [0.15, 0.2) is 0 Å². The molecule has 4 rings (SSSR count). The normalized spacial score (nSPS) is 11.7. The highest BCUT2D eigenvalue weighted by atomic mass is 32.2. The first-order chi connectivity index (χ1) is 13.5. The standard InChI is InChI=1S/C19H13F3N4OS/c20-19(21,22)18-23-9-8-17(26-18)28-11-16-24-14-7-6-13(10-15(14)25-16)27-12-4-2-1-3-5-12/h1-10H,11H2,(H,24,25). The molecule has 0 radical (unpaired) electrons. The van der Waals surface area contributed by atoms with Crippen LogP contribution in [-0.4, -0.2) is 19.9 Å². The summed E-state index contributed by atoms with van der Waals surface area (Å²) in [6, 6.07) is 16.3. The molecule has 9 heteroatoms. The third kappa shape index (κ3) is 4.25. The third-order valence-corrected chi connectivity index (χ3v) is 4.66. The Balaban J connectivity index is 1.48. The monoisotopic (exact) mass is 402 g/mol. The molecule has 1 N–H and O–H groups in total. The SMILES string of the molecule is FC(F)(F)c1nccc(SCc2nc3ccc(Oc4ccccc4)cc3[nH]2)n1. The fraction of sp³-hybridized carbons (Fsp3) is 0.105. The number of imidazole rings is 1. The van der Waals surface area contributed by atoms with Gasteiger partial charge in [0, 0.05) is 12.3 Å². The highest BCUT2D eigenvalue weighted by Crippen LogP contribution is 2.29. The van der Waals surface area contributed by atoms with Gasteiger partial charge in [-0.25, -0.2) is 15.0 Å². The molecule has 142 valence electrons. The molecule has 2 aromatic heterocycles.